The van der Waals surface area contributed by atoms with E-state index in [1.807, 2.05) is 0 Å². The maximum atomic E-state index is 10.4. The number of piperidine rings is 1. The van der Waals surface area contributed by atoms with Crippen molar-refractivity contribution >= 4 is 12.1 Å². The third-order valence-electron chi connectivity index (χ3n) is 2.49. The Morgan fingerprint density at radius 3 is 2.77 bits per heavy atom. The number of hydrogen-bond donors (Lipinski definition) is 3. The molecular weight excluding hydrogens is 168 g/mol. The highest BCUT2D eigenvalue weighted by Gasteiger charge is 2.24. The minimum Gasteiger partial charge on any atom is -0.345 e. The van der Waals surface area contributed by atoms with Crippen LogP contribution < -0.4 is 16.1 Å². The van der Waals surface area contributed by atoms with E-state index in [1.165, 1.54) is 0 Å². The Hall–Kier alpha value is -1.10. The van der Waals surface area contributed by atoms with Crippen molar-refractivity contribution in [1.82, 2.24) is 16.1 Å². The SMILES string of the molecule is O=CC1NN=C(C2CCNCC2)N1. The van der Waals surface area contributed by atoms with Crippen molar-refractivity contribution in [3.63, 3.8) is 0 Å². The third kappa shape index (κ3) is 1.80. The zero-order valence-corrected chi connectivity index (χ0v) is 7.42. The number of hydrazone groups is 1. The van der Waals surface area contributed by atoms with Crippen LogP contribution in [0.5, 0.6) is 0 Å². The van der Waals surface area contributed by atoms with Gasteiger partial charge < -0.3 is 10.6 Å². The lowest BCUT2D eigenvalue weighted by Crippen LogP contribution is -2.41. The van der Waals surface area contributed by atoms with E-state index in [0.29, 0.717) is 5.92 Å². The van der Waals surface area contributed by atoms with E-state index in [-0.39, 0.29) is 6.17 Å². The van der Waals surface area contributed by atoms with Gasteiger partial charge in [-0.05, 0) is 25.9 Å². The van der Waals surface area contributed by atoms with Crippen LogP contribution in [-0.2, 0) is 4.79 Å². The lowest BCUT2D eigenvalue weighted by molar-refractivity contribution is -0.109. The Morgan fingerprint density at radius 1 is 1.38 bits per heavy atom. The molecule has 0 aromatic rings. The third-order valence-corrected chi connectivity index (χ3v) is 2.49. The standard InChI is InChI=1S/C8H14N4O/c13-5-7-10-8(12-11-7)6-1-3-9-4-2-6/h5-7,9,11H,1-4H2,(H,10,12). The molecule has 0 saturated carbocycles. The van der Waals surface area contributed by atoms with Gasteiger partial charge in [0.1, 0.15) is 5.84 Å². The fourth-order valence-electron chi connectivity index (χ4n) is 1.73. The van der Waals surface area contributed by atoms with Crippen LogP contribution in [0.1, 0.15) is 12.8 Å². The minimum atomic E-state index is -0.315. The van der Waals surface area contributed by atoms with Crippen LogP contribution in [0.2, 0.25) is 0 Å². The summed E-state index contributed by atoms with van der Waals surface area (Å²) in [6.45, 7) is 2.08. The van der Waals surface area contributed by atoms with Crippen molar-refractivity contribution < 1.29 is 4.79 Å². The maximum Gasteiger partial charge on any atom is 0.170 e. The predicted molar refractivity (Wildman–Crippen MR) is 49.2 cm³/mol. The molecule has 1 atom stereocenters. The highest BCUT2D eigenvalue weighted by Crippen LogP contribution is 2.13. The summed E-state index contributed by atoms with van der Waals surface area (Å²) in [6.07, 6.45) is 2.71. The van der Waals surface area contributed by atoms with Crippen LogP contribution in [-0.4, -0.2) is 31.4 Å². The summed E-state index contributed by atoms with van der Waals surface area (Å²) < 4.78 is 0. The van der Waals surface area contributed by atoms with E-state index < -0.39 is 0 Å². The molecule has 2 aliphatic heterocycles. The smallest absolute Gasteiger partial charge is 0.170 e. The van der Waals surface area contributed by atoms with Crippen LogP contribution in [0.15, 0.2) is 5.10 Å². The molecule has 0 bridgehead atoms. The molecule has 13 heavy (non-hydrogen) atoms. The van der Waals surface area contributed by atoms with E-state index in [1.54, 1.807) is 0 Å². The summed E-state index contributed by atoms with van der Waals surface area (Å²) >= 11 is 0. The molecule has 0 aromatic carbocycles. The Morgan fingerprint density at radius 2 is 2.15 bits per heavy atom. The van der Waals surface area contributed by atoms with Gasteiger partial charge in [0.2, 0.25) is 0 Å². The average molecular weight is 182 g/mol. The van der Waals surface area contributed by atoms with Crippen LogP contribution >= 0.6 is 0 Å². The van der Waals surface area contributed by atoms with E-state index in [0.717, 1.165) is 38.1 Å². The average Bonchev–Trinajstić information content (AvgIpc) is 2.67. The molecule has 5 nitrogen and oxygen atoms in total. The molecule has 2 rings (SSSR count). The van der Waals surface area contributed by atoms with Crippen molar-refractivity contribution in [2.45, 2.75) is 19.0 Å². The molecule has 5 heteroatoms. The second-order valence-corrected chi connectivity index (χ2v) is 3.41. The predicted octanol–water partition coefficient (Wildman–Crippen LogP) is -0.983. The lowest BCUT2D eigenvalue weighted by Gasteiger charge is -2.22. The maximum absolute atomic E-state index is 10.4. The molecule has 2 aliphatic rings. The van der Waals surface area contributed by atoms with Gasteiger partial charge in [-0.2, -0.15) is 5.10 Å². The molecule has 0 aromatic heterocycles. The van der Waals surface area contributed by atoms with E-state index in [4.69, 9.17) is 0 Å². The highest BCUT2D eigenvalue weighted by atomic mass is 16.1. The van der Waals surface area contributed by atoms with Crippen molar-refractivity contribution in [3.8, 4) is 0 Å². The summed E-state index contributed by atoms with van der Waals surface area (Å²) in [5, 5.41) is 10.5. The van der Waals surface area contributed by atoms with Crippen LogP contribution in [0, 0.1) is 5.92 Å². The number of amidine groups is 1. The second kappa shape index (κ2) is 3.74. The molecule has 3 N–H and O–H groups in total. The van der Waals surface area contributed by atoms with Crippen LogP contribution in [0.4, 0.5) is 0 Å². The number of carbonyl (C=O) groups is 1. The Balaban J connectivity index is 1.90. The quantitative estimate of drug-likeness (QED) is 0.480. The second-order valence-electron chi connectivity index (χ2n) is 3.41. The summed E-state index contributed by atoms with van der Waals surface area (Å²) in [4.78, 5) is 10.4. The number of aldehydes is 1. The Bertz CT molecular complexity index is 222. The first-order valence-electron chi connectivity index (χ1n) is 4.66. The lowest BCUT2D eigenvalue weighted by atomic mass is 9.97. The topological polar surface area (TPSA) is 65.5 Å². The van der Waals surface area contributed by atoms with Crippen molar-refractivity contribution in [1.29, 1.82) is 0 Å². The molecule has 2 heterocycles. The highest BCUT2D eigenvalue weighted by molar-refractivity contribution is 5.88. The normalized spacial score (nSPS) is 28.9. The summed E-state index contributed by atoms with van der Waals surface area (Å²) in [5.41, 5.74) is 2.74. The van der Waals surface area contributed by atoms with Gasteiger partial charge >= 0.3 is 0 Å². The van der Waals surface area contributed by atoms with E-state index in [2.05, 4.69) is 21.2 Å². The molecule has 1 fully saturated rings. The monoisotopic (exact) mass is 182 g/mol. The van der Waals surface area contributed by atoms with Gasteiger partial charge in [-0.15, -0.1) is 0 Å². The Labute approximate surface area is 77.0 Å². The molecule has 1 unspecified atom stereocenters. The van der Waals surface area contributed by atoms with Gasteiger partial charge in [0.05, 0.1) is 0 Å². The van der Waals surface area contributed by atoms with Gasteiger partial charge in [-0.3, -0.25) is 10.2 Å². The molecule has 0 spiro atoms. The summed E-state index contributed by atoms with van der Waals surface area (Å²) in [5.74, 6) is 1.43. The number of nitrogens with one attached hydrogen (secondary N) is 3. The fourth-order valence-corrected chi connectivity index (χ4v) is 1.73. The van der Waals surface area contributed by atoms with Gasteiger partial charge in [0.25, 0.3) is 0 Å². The molecule has 0 aliphatic carbocycles. The molecule has 0 radical (unpaired) electrons. The molecule has 1 saturated heterocycles. The Kier molecular flexibility index (Phi) is 2.44. The fraction of sp³-hybridized carbons (Fsp3) is 0.750. The van der Waals surface area contributed by atoms with Gasteiger partial charge in [-0.1, -0.05) is 0 Å². The first-order chi connectivity index (χ1) is 6.40. The minimum absolute atomic E-state index is 0.315. The number of rotatable bonds is 2. The molecule has 0 amide bonds. The number of hydrogen-bond acceptors (Lipinski definition) is 5. The van der Waals surface area contributed by atoms with E-state index >= 15 is 0 Å². The zero-order chi connectivity index (χ0) is 9.10. The van der Waals surface area contributed by atoms with Gasteiger partial charge in [-0.25, -0.2) is 0 Å². The van der Waals surface area contributed by atoms with Crippen molar-refractivity contribution in [3.05, 3.63) is 0 Å². The van der Waals surface area contributed by atoms with Gasteiger partial charge in [0.15, 0.2) is 12.5 Å². The first kappa shape index (κ1) is 8.50. The largest absolute Gasteiger partial charge is 0.345 e. The van der Waals surface area contributed by atoms with Gasteiger partial charge in [0, 0.05) is 5.92 Å². The number of carbonyl (C=O) groups excluding carboxylic acids is 1. The molecule has 72 valence electrons. The van der Waals surface area contributed by atoms with Crippen LogP contribution in [0.25, 0.3) is 0 Å². The zero-order valence-electron chi connectivity index (χ0n) is 7.42. The summed E-state index contributed by atoms with van der Waals surface area (Å²) in [6, 6.07) is 0. The summed E-state index contributed by atoms with van der Waals surface area (Å²) in [7, 11) is 0. The van der Waals surface area contributed by atoms with Crippen molar-refractivity contribution in [2.75, 3.05) is 13.1 Å². The van der Waals surface area contributed by atoms with E-state index in [9.17, 15) is 4.79 Å². The van der Waals surface area contributed by atoms with Crippen molar-refractivity contribution in [2.24, 2.45) is 11.0 Å². The number of nitrogens with zero attached hydrogens (tertiary/aromatic N) is 1. The molecular formula is C8H14N4O. The van der Waals surface area contributed by atoms with Crippen LogP contribution in [0.3, 0.4) is 0 Å². The first-order valence-corrected chi connectivity index (χ1v) is 4.66.